The topological polar surface area (TPSA) is 109 Å². The second-order valence-electron chi connectivity index (χ2n) is 9.65. The van der Waals surface area contributed by atoms with Crippen LogP contribution < -0.4 is 9.47 Å². The normalized spacial score (nSPS) is 18.2. The Bertz CT molecular complexity index is 1530. The lowest BCUT2D eigenvalue weighted by Crippen LogP contribution is -2.13. The number of ether oxygens (including phenoxy) is 3. The number of hydrogen-bond donors (Lipinski definition) is 1. The molecule has 1 aliphatic carbocycles. The van der Waals surface area contributed by atoms with Gasteiger partial charge in [0.05, 0.1) is 31.3 Å². The summed E-state index contributed by atoms with van der Waals surface area (Å²) in [7, 11) is 3.23. The lowest BCUT2D eigenvalue weighted by atomic mass is 9.98. The number of aliphatic carboxylic acids is 1. The van der Waals surface area contributed by atoms with Gasteiger partial charge in [0.2, 0.25) is 0 Å². The molecule has 4 aromatic rings. The zero-order chi connectivity index (χ0) is 27.1. The van der Waals surface area contributed by atoms with Gasteiger partial charge in [-0.1, -0.05) is 23.7 Å². The lowest BCUT2D eigenvalue weighted by Gasteiger charge is -2.25. The third kappa shape index (κ3) is 4.99. The van der Waals surface area contributed by atoms with Crippen LogP contribution in [-0.2, 0) is 22.4 Å². The zero-order valence-electron chi connectivity index (χ0n) is 21.5. The number of fused-ring (bicyclic) bond motifs is 3. The number of carboxylic acids is 1. The first-order valence-electron chi connectivity index (χ1n) is 12.7. The molecule has 1 saturated carbocycles. The van der Waals surface area contributed by atoms with Gasteiger partial charge in [-0.05, 0) is 43.5 Å². The average Bonchev–Trinajstić information content (AvgIpc) is 3.56. The number of benzene rings is 2. The number of carbonyl (C=O) groups is 1. The van der Waals surface area contributed by atoms with Crippen molar-refractivity contribution in [1.82, 2.24) is 19.7 Å². The van der Waals surface area contributed by atoms with E-state index in [2.05, 4.69) is 19.7 Å². The molecule has 1 fully saturated rings. The van der Waals surface area contributed by atoms with Crippen molar-refractivity contribution in [3.05, 3.63) is 80.3 Å². The number of thiazole rings is 1. The summed E-state index contributed by atoms with van der Waals surface area (Å²) in [5.74, 6) is 2.34. The molecule has 3 heterocycles. The second-order valence-corrected chi connectivity index (χ2v) is 11.3. The van der Waals surface area contributed by atoms with Gasteiger partial charge < -0.3 is 19.3 Å². The molecule has 0 saturated heterocycles. The Morgan fingerprint density at radius 3 is 2.72 bits per heavy atom. The molecule has 9 nitrogen and oxygen atoms in total. The molecular weight excluding hydrogens is 540 g/mol. The van der Waals surface area contributed by atoms with Crippen LogP contribution in [0.2, 0.25) is 5.02 Å². The van der Waals surface area contributed by atoms with E-state index in [4.69, 9.17) is 30.9 Å². The van der Waals surface area contributed by atoms with E-state index in [0.717, 1.165) is 51.2 Å². The molecule has 1 aliphatic heterocycles. The molecule has 2 aliphatic rings. The molecule has 0 bridgehead atoms. The van der Waals surface area contributed by atoms with Crippen LogP contribution in [0.3, 0.4) is 0 Å². The quantitative estimate of drug-likeness (QED) is 0.275. The number of halogens is 1. The fourth-order valence-electron chi connectivity index (χ4n) is 5.11. The van der Waals surface area contributed by atoms with Gasteiger partial charge >= 0.3 is 5.97 Å². The molecule has 2 aromatic heterocycles. The molecule has 39 heavy (non-hydrogen) atoms. The van der Waals surface area contributed by atoms with Crippen molar-refractivity contribution in [2.24, 2.45) is 0 Å². The van der Waals surface area contributed by atoms with Crippen molar-refractivity contribution in [3.63, 3.8) is 0 Å². The predicted octanol–water partition coefficient (Wildman–Crippen LogP) is 5.69. The van der Waals surface area contributed by atoms with E-state index in [9.17, 15) is 4.79 Å². The fraction of sp³-hybridized carbons (Fsp3) is 0.357. The summed E-state index contributed by atoms with van der Waals surface area (Å²) >= 11 is 7.96. The number of aromatic nitrogens is 4. The molecule has 2 aromatic carbocycles. The Labute approximate surface area is 234 Å². The summed E-state index contributed by atoms with van der Waals surface area (Å²) in [6.45, 7) is 0. The smallest absolute Gasteiger partial charge is 0.308 e. The van der Waals surface area contributed by atoms with Crippen LogP contribution >= 0.6 is 22.9 Å². The highest BCUT2D eigenvalue weighted by Crippen LogP contribution is 2.48. The molecule has 0 radical (unpaired) electrons. The Hall–Kier alpha value is -3.47. The van der Waals surface area contributed by atoms with Gasteiger partial charge in [-0.3, -0.25) is 9.36 Å². The minimum Gasteiger partial charge on any atom is -0.493 e. The standard InChI is InChI=1S/C28H27ClN4O5S/c1-36-21-5-3-4-18(26(21)37-2)25-19-12-16(29)8-9-20(19)33-27(15-6-7-15)31-32-28(33)22(38-25)10-11-23-30-14-17(39-23)13-24(34)35/h3-5,8-9,12,14-15,22,25H,6-7,10-11,13H2,1-2H3,(H,34,35)/t22-,25-/m0/s1. The van der Waals surface area contributed by atoms with Gasteiger partial charge in [0.15, 0.2) is 17.3 Å². The molecule has 2 atom stereocenters. The lowest BCUT2D eigenvalue weighted by molar-refractivity contribution is -0.136. The van der Waals surface area contributed by atoms with Crippen molar-refractivity contribution < 1.29 is 24.1 Å². The van der Waals surface area contributed by atoms with E-state index in [1.54, 1.807) is 20.4 Å². The number of aryl methyl sites for hydroxylation is 1. The molecule has 202 valence electrons. The van der Waals surface area contributed by atoms with E-state index < -0.39 is 18.2 Å². The van der Waals surface area contributed by atoms with Crippen LogP contribution in [0.4, 0.5) is 0 Å². The van der Waals surface area contributed by atoms with Crippen LogP contribution in [-0.4, -0.2) is 45.0 Å². The van der Waals surface area contributed by atoms with Gasteiger partial charge in [-0.2, -0.15) is 0 Å². The molecule has 6 rings (SSSR count). The SMILES string of the molecule is COc1cccc([C@@H]2O[C@@H](CCc3ncc(CC(=O)O)s3)c3nnc(C4CC4)n3-c3ccc(Cl)cc32)c1OC. The Balaban J connectivity index is 1.45. The Kier molecular flexibility index (Phi) is 7.01. The Morgan fingerprint density at radius 2 is 1.97 bits per heavy atom. The summed E-state index contributed by atoms with van der Waals surface area (Å²) in [6, 6.07) is 11.6. The summed E-state index contributed by atoms with van der Waals surface area (Å²) in [5, 5.41) is 19.8. The van der Waals surface area contributed by atoms with Gasteiger partial charge in [-0.25, -0.2) is 4.98 Å². The molecule has 11 heteroatoms. The largest absolute Gasteiger partial charge is 0.493 e. The maximum atomic E-state index is 11.1. The van der Waals surface area contributed by atoms with Crippen LogP contribution in [0.25, 0.3) is 5.69 Å². The van der Waals surface area contributed by atoms with E-state index in [1.807, 2.05) is 36.4 Å². The predicted molar refractivity (Wildman–Crippen MR) is 145 cm³/mol. The van der Waals surface area contributed by atoms with Gasteiger partial charge in [-0.15, -0.1) is 21.5 Å². The highest BCUT2D eigenvalue weighted by molar-refractivity contribution is 7.11. The number of methoxy groups -OCH3 is 2. The van der Waals surface area contributed by atoms with Gasteiger partial charge in [0.1, 0.15) is 18.0 Å². The van der Waals surface area contributed by atoms with E-state index >= 15 is 0 Å². The minimum absolute atomic E-state index is 0.0373. The zero-order valence-corrected chi connectivity index (χ0v) is 23.0. The summed E-state index contributed by atoms with van der Waals surface area (Å²) in [4.78, 5) is 16.3. The summed E-state index contributed by atoms with van der Waals surface area (Å²) in [6.07, 6.45) is 3.97. The van der Waals surface area contributed by atoms with E-state index in [0.29, 0.717) is 35.3 Å². The maximum absolute atomic E-state index is 11.1. The maximum Gasteiger partial charge on any atom is 0.308 e. The van der Waals surface area contributed by atoms with Crippen LogP contribution in [0, 0.1) is 0 Å². The first-order valence-corrected chi connectivity index (χ1v) is 13.9. The number of hydrogen-bond acceptors (Lipinski definition) is 8. The fourth-order valence-corrected chi connectivity index (χ4v) is 6.22. The first-order chi connectivity index (χ1) is 19.0. The highest BCUT2D eigenvalue weighted by Gasteiger charge is 2.38. The third-order valence-corrected chi connectivity index (χ3v) is 8.31. The number of rotatable bonds is 9. The van der Waals surface area contributed by atoms with Crippen LogP contribution in [0.5, 0.6) is 11.5 Å². The van der Waals surface area contributed by atoms with Crippen molar-refractivity contribution in [1.29, 1.82) is 0 Å². The van der Waals surface area contributed by atoms with Gasteiger partial charge in [0.25, 0.3) is 0 Å². The monoisotopic (exact) mass is 566 g/mol. The first kappa shape index (κ1) is 25.8. The van der Waals surface area contributed by atoms with Gasteiger partial charge in [0, 0.05) is 39.6 Å². The van der Waals surface area contributed by atoms with Crippen molar-refractivity contribution in [2.75, 3.05) is 14.2 Å². The molecule has 0 amide bonds. The molecule has 0 spiro atoms. The summed E-state index contributed by atoms with van der Waals surface area (Å²) in [5.41, 5.74) is 2.63. The number of carboxylic acid groups (broad SMARTS) is 1. The number of para-hydroxylation sites is 1. The van der Waals surface area contributed by atoms with Crippen LogP contribution in [0.1, 0.15) is 70.0 Å². The summed E-state index contributed by atoms with van der Waals surface area (Å²) < 4.78 is 20.5. The molecule has 0 unspecified atom stereocenters. The third-order valence-electron chi connectivity index (χ3n) is 7.02. The molecule has 1 N–H and O–H groups in total. The van der Waals surface area contributed by atoms with Crippen molar-refractivity contribution in [2.45, 2.75) is 50.2 Å². The minimum atomic E-state index is -0.871. The van der Waals surface area contributed by atoms with Crippen LogP contribution in [0.15, 0.2) is 42.6 Å². The highest BCUT2D eigenvalue weighted by atomic mass is 35.5. The second kappa shape index (κ2) is 10.6. The average molecular weight is 567 g/mol. The van der Waals surface area contributed by atoms with E-state index in [-0.39, 0.29) is 6.42 Å². The molecular formula is C28H27ClN4O5S. The number of nitrogens with zero attached hydrogens (tertiary/aromatic N) is 4. The Morgan fingerprint density at radius 1 is 1.15 bits per heavy atom. The van der Waals surface area contributed by atoms with Crippen molar-refractivity contribution in [3.8, 4) is 17.2 Å². The van der Waals surface area contributed by atoms with Crippen molar-refractivity contribution >= 4 is 28.9 Å². The van der Waals surface area contributed by atoms with E-state index in [1.165, 1.54) is 11.3 Å².